The standard InChI is InChI=1S/C27H49N9O8/c1-14(2)11-16(28)22(39)35-21(15(3)4)25(42)36-10-6-8-19(36)24(41)34-17(7-5-9-31-27(29)30)23(40)32-12-20(38)33-18(13-37)26(43)44/h14-19,21,37H,5-13,28H2,1-4H3,(H,32,40)(H,33,38)(H,34,41)(H,35,39)(H,43,44)(H4,29,30,31)/t16-,17-,18-,19-,21-/m0/s1. The van der Waals surface area contributed by atoms with Crippen LogP contribution in [-0.4, -0.2) is 113 Å². The fourth-order valence-corrected chi connectivity index (χ4v) is 4.63. The number of carboxylic acids is 1. The molecular formula is C27H49N9O8. The predicted molar refractivity (Wildman–Crippen MR) is 160 cm³/mol. The number of hydrogen-bond acceptors (Lipinski definition) is 9. The van der Waals surface area contributed by atoms with Gasteiger partial charge in [-0.2, -0.15) is 0 Å². The number of aliphatic imine (C=N–C) groups is 1. The van der Waals surface area contributed by atoms with Crippen molar-refractivity contribution in [2.75, 3.05) is 26.2 Å². The number of likely N-dealkylation sites (tertiary alicyclic amines) is 1. The lowest BCUT2D eigenvalue weighted by atomic mass is 9.99. The molecule has 1 rings (SSSR count). The van der Waals surface area contributed by atoms with Crippen LogP contribution in [0, 0.1) is 11.8 Å². The van der Waals surface area contributed by atoms with Crippen molar-refractivity contribution in [3.63, 3.8) is 0 Å². The van der Waals surface area contributed by atoms with E-state index in [4.69, 9.17) is 27.4 Å². The Morgan fingerprint density at radius 2 is 1.64 bits per heavy atom. The summed E-state index contributed by atoms with van der Waals surface area (Å²) < 4.78 is 0. The van der Waals surface area contributed by atoms with Gasteiger partial charge in [-0.25, -0.2) is 4.79 Å². The van der Waals surface area contributed by atoms with Gasteiger partial charge in [0, 0.05) is 13.1 Å². The van der Waals surface area contributed by atoms with E-state index in [9.17, 15) is 28.8 Å². The van der Waals surface area contributed by atoms with Gasteiger partial charge in [0.25, 0.3) is 0 Å². The molecule has 12 N–H and O–H groups in total. The molecule has 0 aromatic rings. The highest BCUT2D eigenvalue weighted by atomic mass is 16.4. The van der Waals surface area contributed by atoms with Crippen molar-refractivity contribution in [1.82, 2.24) is 26.2 Å². The molecule has 17 heteroatoms. The quantitative estimate of drug-likeness (QED) is 0.0412. The molecule has 1 aliphatic heterocycles. The third-order valence-electron chi connectivity index (χ3n) is 6.95. The molecule has 5 amide bonds. The van der Waals surface area contributed by atoms with Crippen LogP contribution in [-0.2, 0) is 28.8 Å². The second-order valence-corrected chi connectivity index (χ2v) is 11.5. The molecule has 0 radical (unpaired) electrons. The first-order chi connectivity index (χ1) is 20.6. The van der Waals surface area contributed by atoms with Gasteiger partial charge in [0.2, 0.25) is 29.5 Å². The number of nitrogens with two attached hydrogens (primary N) is 3. The van der Waals surface area contributed by atoms with Crippen LogP contribution >= 0.6 is 0 Å². The van der Waals surface area contributed by atoms with Gasteiger partial charge in [-0.3, -0.25) is 29.0 Å². The van der Waals surface area contributed by atoms with Crippen molar-refractivity contribution in [3.8, 4) is 0 Å². The van der Waals surface area contributed by atoms with E-state index in [0.717, 1.165) is 0 Å². The second-order valence-electron chi connectivity index (χ2n) is 11.5. The molecule has 1 heterocycles. The number of nitrogens with one attached hydrogen (secondary N) is 4. The summed E-state index contributed by atoms with van der Waals surface area (Å²) in [5.41, 5.74) is 16.7. The molecule has 0 aromatic heterocycles. The summed E-state index contributed by atoms with van der Waals surface area (Å²) in [6.07, 6.45) is 1.64. The van der Waals surface area contributed by atoms with Crippen molar-refractivity contribution in [1.29, 1.82) is 0 Å². The Labute approximate surface area is 257 Å². The van der Waals surface area contributed by atoms with Crippen LogP contribution in [0.25, 0.3) is 0 Å². The number of carbonyl (C=O) groups excluding carboxylic acids is 5. The lowest BCUT2D eigenvalue weighted by Gasteiger charge is -2.32. The third kappa shape index (κ3) is 12.7. The number of guanidine groups is 1. The molecule has 1 fully saturated rings. The number of amides is 5. The van der Waals surface area contributed by atoms with E-state index >= 15 is 0 Å². The van der Waals surface area contributed by atoms with Crippen molar-refractivity contribution < 1.29 is 39.0 Å². The van der Waals surface area contributed by atoms with Crippen LogP contribution in [0.4, 0.5) is 0 Å². The monoisotopic (exact) mass is 627 g/mol. The average Bonchev–Trinajstić information content (AvgIpc) is 3.43. The molecule has 0 unspecified atom stereocenters. The molecule has 0 spiro atoms. The summed E-state index contributed by atoms with van der Waals surface area (Å²) >= 11 is 0. The Morgan fingerprint density at radius 3 is 2.18 bits per heavy atom. The second kappa shape index (κ2) is 18.6. The number of nitrogens with zero attached hydrogens (tertiary/aromatic N) is 2. The maximum absolute atomic E-state index is 13.6. The molecule has 1 aliphatic rings. The lowest BCUT2D eigenvalue weighted by molar-refractivity contribution is -0.143. The minimum absolute atomic E-state index is 0.0729. The van der Waals surface area contributed by atoms with E-state index in [1.165, 1.54) is 4.90 Å². The minimum atomic E-state index is -1.55. The molecule has 0 bridgehead atoms. The zero-order valence-corrected chi connectivity index (χ0v) is 25.9. The number of hydrogen-bond donors (Lipinski definition) is 9. The molecular weight excluding hydrogens is 578 g/mol. The molecule has 250 valence electrons. The maximum atomic E-state index is 13.6. The molecule has 0 saturated carbocycles. The molecule has 0 aromatic carbocycles. The topological polar surface area (TPSA) is 285 Å². The largest absolute Gasteiger partial charge is 0.480 e. The Morgan fingerprint density at radius 1 is 0.977 bits per heavy atom. The van der Waals surface area contributed by atoms with Crippen molar-refractivity contribution in [3.05, 3.63) is 0 Å². The Hall–Kier alpha value is -3.99. The summed E-state index contributed by atoms with van der Waals surface area (Å²) in [6, 6.07) is -5.32. The number of rotatable bonds is 18. The van der Waals surface area contributed by atoms with Crippen molar-refractivity contribution >= 4 is 41.5 Å². The summed E-state index contributed by atoms with van der Waals surface area (Å²) in [6.45, 7) is 6.37. The fourth-order valence-electron chi connectivity index (χ4n) is 4.63. The van der Waals surface area contributed by atoms with Gasteiger partial charge in [-0.15, -0.1) is 0 Å². The third-order valence-corrected chi connectivity index (χ3v) is 6.95. The van der Waals surface area contributed by atoms with Crippen LogP contribution in [0.2, 0.25) is 0 Å². The molecule has 1 saturated heterocycles. The lowest BCUT2D eigenvalue weighted by Crippen LogP contribution is -2.58. The zero-order chi connectivity index (χ0) is 33.6. The van der Waals surface area contributed by atoms with Crippen LogP contribution < -0.4 is 38.5 Å². The van der Waals surface area contributed by atoms with E-state index in [0.29, 0.717) is 19.3 Å². The van der Waals surface area contributed by atoms with E-state index in [1.54, 1.807) is 13.8 Å². The minimum Gasteiger partial charge on any atom is -0.480 e. The van der Waals surface area contributed by atoms with Gasteiger partial charge in [0.1, 0.15) is 24.2 Å². The molecule has 44 heavy (non-hydrogen) atoms. The highest BCUT2D eigenvalue weighted by Crippen LogP contribution is 2.21. The maximum Gasteiger partial charge on any atom is 0.328 e. The van der Waals surface area contributed by atoms with Gasteiger partial charge in [0.05, 0.1) is 19.2 Å². The van der Waals surface area contributed by atoms with Gasteiger partial charge >= 0.3 is 5.97 Å². The SMILES string of the molecule is CC(C)C[C@H](N)C(=O)N[C@H](C(=O)N1CCC[C@H]1C(=O)N[C@@H](CCCN=C(N)N)C(=O)NCC(=O)N[C@@H](CO)C(=O)O)C(C)C. The first-order valence-corrected chi connectivity index (χ1v) is 14.7. The van der Waals surface area contributed by atoms with Gasteiger partial charge in [-0.1, -0.05) is 27.7 Å². The fraction of sp³-hybridized carbons (Fsp3) is 0.741. The van der Waals surface area contributed by atoms with Crippen LogP contribution in [0.3, 0.4) is 0 Å². The number of carboxylic acid groups (broad SMARTS) is 1. The average molecular weight is 628 g/mol. The number of aliphatic hydroxyl groups is 1. The first kappa shape index (κ1) is 38.0. The summed E-state index contributed by atoms with van der Waals surface area (Å²) in [5, 5.41) is 27.9. The number of aliphatic hydroxyl groups excluding tert-OH is 1. The van der Waals surface area contributed by atoms with Gasteiger partial charge in [0.15, 0.2) is 5.96 Å². The zero-order valence-electron chi connectivity index (χ0n) is 25.9. The van der Waals surface area contributed by atoms with Crippen LogP contribution in [0.1, 0.15) is 59.8 Å². The van der Waals surface area contributed by atoms with Crippen molar-refractivity contribution in [2.45, 2.75) is 90.0 Å². The van der Waals surface area contributed by atoms with E-state index < -0.39 is 78.9 Å². The Bertz CT molecular complexity index is 1050. The molecule has 0 aliphatic carbocycles. The van der Waals surface area contributed by atoms with Crippen LogP contribution in [0.15, 0.2) is 4.99 Å². The highest BCUT2D eigenvalue weighted by molar-refractivity contribution is 5.96. The number of carbonyl (C=O) groups is 6. The molecule has 5 atom stereocenters. The van der Waals surface area contributed by atoms with Gasteiger partial charge < -0.3 is 53.6 Å². The Balaban J connectivity index is 3.01. The highest BCUT2D eigenvalue weighted by Gasteiger charge is 2.40. The smallest absolute Gasteiger partial charge is 0.328 e. The Kier molecular flexibility index (Phi) is 16.1. The summed E-state index contributed by atoms with van der Waals surface area (Å²) in [4.78, 5) is 81.1. The normalized spacial score (nSPS) is 17.3. The summed E-state index contributed by atoms with van der Waals surface area (Å²) in [7, 11) is 0. The van der Waals surface area contributed by atoms with Crippen LogP contribution in [0.5, 0.6) is 0 Å². The van der Waals surface area contributed by atoms with E-state index in [-0.39, 0.29) is 43.7 Å². The van der Waals surface area contributed by atoms with E-state index in [1.807, 2.05) is 13.8 Å². The molecule has 17 nitrogen and oxygen atoms in total. The predicted octanol–water partition coefficient (Wildman–Crippen LogP) is -3.29. The van der Waals surface area contributed by atoms with Crippen molar-refractivity contribution in [2.24, 2.45) is 34.0 Å². The first-order valence-electron chi connectivity index (χ1n) is 14.7. The summed E-state index contributed by atoms with van der Waals surface area (Å²) in [5.74, 6) is -4.83. The van der Waals surface area contributed by atoms with Gasteiger partial charge in [-0.05, 0) is 43.9 Å². The van der Waals surface area contributed by atoms with E-state index in [2.05, 4.69) is 26.3 Å². The number of aliphatic carboxylic acids is 1.